The Kier molecular flexibility index (Phi) is 9.05. The van der Waals surface area contributed by atoms with Crippen LogP contribution in [0, 0.1) is 11.8 Å². The van der Waals surface area contributed by atoms with Crippen LogP contribution >= 0.6 is 0 Å². The lowest BCUT2D eigenvalue weighted by Crippen LogP contribution is -2.17. The van der Waals surface area contributed by atoms with Crippen LogP contribution in [0.1, 0.15) is 51.4 Å². The van der Waals surface area contributed by atoms with Gasteiger partial charge in [0, 0.05) is 18.8 Å². The lowest BCUT2D eigenvalue weighted by Gasteiger charge is -2.15. The molecule has 1 aliphatic rings. The number of ether oxygens (including phenoxy) is 1. The van der Waals surface area contributed by atoms with Gasteiger partial charge in [-0.3, -0.25) is 9.59 Å². The number of carbonyl (C=O) groups is 2. The molecule has 2 rings (SSSR count). The Balaban J connectivity index is 1.70. The largest absolute Gasteiger partial charge is 0.491 e. The molecule has 1 aromatic carbocycles. The van der Waals surface area contributed by atoms with E-state index in [0.717, 1.165) is 37.9 Å². The number of ketones is 1. The van der Waals surface area contributed by atoms with Gasteiger partial charge in [-0.1, -0.05) is 49.6 Å². The van der Waals surface area contributed by atoms with E-state index < -0.39 is 12.1 Å². The minimum absolute atomic E-state index is 0.0305. The number of benzene rings is 1. The molecule has 0 radical (unpaired) electrons. The van der Waals surface area contributed by atoms with Crippen LogP contribution in [-0.4, -0.2) is 34.7 Å². The predicted octanol–water partition coefficient (Wildman–Crippen LogP) is 4.00. The van der Waals surface area contributed by atoms with Crippen LogP contribution in [0.3, 0.4) is 0 Å². The highest BCUT2D eigenvalue weighted by atomic mass is 16.5. The molecule has 148 valence electrons. The molecule has 0 heterocycles. The summed E-state index contributed by atoms with van der Waals surface area (Å²) < 4.78 is 5.54. The Hall–Kier alpha value is -2.14. The fraction of sp³-hybridized carbons (Fsp3) is 0.545. The molecule has 1 fully saturated rings. The standard InChI is InChI=1S/C22H30O5/c23-18(16-27-19-8-4-3-5-9-19)14-12-17-13-15-21(24)20(17)10-6-1-2-7-11-22(25)26/h3-5,8-9,12,14,17-18,20,23H,1-2,6-7,10-11,13,15-16H2,(H,25,26)/t17-,18+,20+/m0/s1. The molecule has 1 aromatic rings. The molecule has 3 atom stereocenters. The number of carboxylic acid groups (broad SMARTS) is 1. The van der Waals surface area contributed by atoms with Gasteiger partial charge in [0.15, 0.2) is 0 Å². The average molecular weight is 374 g/mol. The fourth-order valence-corrected chi connectivity index (χ4v) is 3.56. The summed E-state index contributed by atoms with van der Waals surface area (Å²) in [6.07, 6.45) is 9.02. The van der Waals surface area contributed by atoms with E-state index in [9.17, 15) is 14.7 Å². The highest BCUT2D eigenvalue weighted by Crippen LogP contribution is 2.34. The quantitative estimate of drug-likeness (QED) is 0.427. The zero-order valence-electron chi connectivity index (χ0n) is 15.8. The summed E-state index contributed by atoms with van der Waals surface area (Å²) >= 11 is 0. The highest BCUT2D eigenvalue weighted by molar-refractivity contribution is 5.83. The zero-order valence-corrected chi connectivity index (χ0v) is 15.8. The summed E-state index contributed by atoms with van der Waals surface area (Å²) in [4.78, 5) is 22.7. The zero-order chi connectivity index (χ0) is 19.5. The molecule has 5 nitrogen and oxygen atoms in total. The van der Waals surface area contributed by atoms with E-state index in [1.807, 2.05) is 36.4 Å². The summed E-state index contributed by atoms with van der Waals surface area (Å²) in [5.41, 5.74) is 0. The van der Waals surface area contributed by atoms with Crippen LogP contribution in [-0.2, 0) is 9.59 Å². The normalized spacial score (nSPS) is 20.9. The van der Waals surface area contributed by atoms with Crippen LogP contribution in [0.25, 0.3) is 0 Å². The van der Waals surface area contributed by atoms with E-state index in [1.165, 1.54) is 0 Å². The first kappa shape index (κ1) is 21.2. The van der Waals surface area contributed by atoms with Gasteiger partial charge in [0.25, 0.3) is 0 Å². The Labute approximate surface area is 161 Å². The van der Waals surface area contributed by atoms with Gasteiger partial charge in [-0.05, 0) is 37.3 Å². The summed E-state index contributed by atoms with van der Waals surface area (Å²) in [5, 5.41) is 18.7. The van der Waals surface area contributed by atoms with Gasteiger partial charge in [0.05, 0.1) is 0 Å². The van der Waals surface area contributed by atoms with Crippen molar-refractivity contribution in [1.29, 1.82) is 0 Å². The number of Topliss-reactive ketones (excluding diaryl/α,β-unsaturated/α-hetero) is 1. The second kappa shape index (κ2) is 11.5. The number of para-hydroxylation sites is 1. The number of aliphatic hydroxyl groups excluding tert-OH is 1. The molecule has 5 heteroatoms. The lowest BCUT2D eigenvalue weighted by atomic mass is 9.89. The van der Waals surface area contributed by atoms with E-state index in [0.29, 0.717) is 18.6 Å². The summed E-state index contributed by atoms with van der Waals surface area (Å²) in [6, 6.07) is 9.37. The number of aliphatic hydroxyl groups is 1. The fourth-order valence-electron chi connectivity index (χ4n) is 3.56. The molecular weight excluding hydrogens is 344 g/mol. The third kappa shape index (κ3) is 7.95. The Bertz CT molecular complexity index is 610. The molecule has 0 spiro atoms. The maximum Gasteiger partial charge on any atom is 0.303 e. The predicted molar refractivity (Wildman–Crippen MR) is 104 cm³/mol. The monoisotopic (exact) mass is 374 g/mol. The van der Waals surface area contributed by atoms with E-state index in [1.54, 1.807) is 6.08 Å². The average Bonchev–Trinajstić information content (AvgIpc) is 3.01. The first-order valence-electron chi connectivity index (χ1n) is 9.85. The lowest BCUT2D eigenvalue weighted by molar-refractivity contribution is -0.137. The first-order chi connectivity index (χ1) is 13.1. The molecule has 27 heavy (non-hydrogen) atoms. The van der Waals surface area contributed by atoms with Crippen molar-refractivity contribution >= 4 is 11.8 Å². The second-order valence-electron chi connectivity index (χ2n) is 7.20. The van der Waals surface area contributed by atoms with Gasteiger partial charge < -0.3 is 14.9 Å². The molecule has 0 unspecified atom stereocenters. The number of carbonyl (C=O) groups excluding carboxylic acids is 1. The summed E-state index contributed by atoms with van der Waals surface area (Å²) in [7, 11) is 0. The van der Waals surface area contributed by atoms with Gasteiger partial charge in [0.2, 0.25) is 0 Å². The number of allylic oxidation sites excluding steroid dienone is 1. The third-order valence-electron chi connectivity index (χ3n) is 5.05. The van der Waals surface area contributed by atoms with Crippen molar-refractivity contribution in [3.63, 3.8) is 0 Å². The van der Waals surface area contributed by atoms with Crippen LogP contribution < -0.4 is 4.74 Å². The van der Waals surface area contributed by atoms with Gasteiger partial charge in [-0.25, -0.2) is 0 Å². The number of aliphatic carboxylic acids is 1. The van der Waals surface area contributed by atoms with Crippen molar-refractivity contribution in [2.75, 3.05) is 6.61 Å². The molecule has 1 aliphatic carbocycles. The number of rotatable bonds is 12. The van der Waals surface area contributed by atoms with Crippen molar-refractivity contribution in [3.8, 4) is 5.75 Å². The minimum atomic E-state index is -0.749. The number of unbranched alkanes of at least 4 members (excludes halogenated alkanes) is 3. The van der Waals surface area contributed by atoms with Gasteiger partial charge in [0.1, 0.15) is 24.2 Å². The molecule has 0 aromatic heterocycles. The minimum Gasteiger partial charge on any atom is -0.491 e. The Morgan fingerprint density at radius 3 is 2.67 bits per heavy atom. The van der Waals surface area contributed by atoms with E-state index in [2.05, 4.69) is 0 Å². The van der Waals surface area contributed by atoms with Crippen molar-refractivity contribution < 1.29 is 24.5 Å². The Morgan fingerprint density at radius 1 is 1.19 bits per heavy atom. The number of carboxylic acids is 1. The maximum atomic E-state index is 12.2. The van der Waals surface area contributed by atoms with Crippen molar-refractivity contribution in [2.24, 2.45) is 11.8 Å². The molecular formula is C22H30O5. The van der Waals surface area contributed by atoms with Gasteiger partial charge >= 0.3 is 5.97 Å². The SMILES string of the molecule is O=C(O)CCCCCC[C@H]1C(=O)CC[C@@H]1C=C[C@@H](O)COc1ccccc1. The number of hydrogen-bond acceptors (Lipinski definition) is 4. The summed E-state index contributed by atoms with van der Waals surface area (Å²) in [5.74, 6) is 0.499. The van der Waals surface area contributed by atoms with Gasteiger partial charge in [-0.2, -0.15) is 0 Å². The molecule has 0 aliphatic heterocycles. The van der Waals surface area contributed by atoms with Crippen molar-refractivity contribution in [2.45, 2.75) is 57.5 Å². The molecule has 1 saturated carbocycles. The van der Waals surface area contributed by atoms with Crippen molar-refractivity contribution in [3.05, 3.63) is 42.5 Å². The molecule has 2 N–H and O–H groups in total. The van der Waals surface area contributed by atoms with E-state index in [4.69, 9.17) is 9.84 Å². The molecule has 0 amide bonds. The van der Waals surface area contributed by atoms with E-state index >= 15 is 0 Å². The van der Waals surface area contributed by atoms with E-state index in [-0.39, 0.29) is 24.9 Å². The van der Waals surface area contributed by atoms with Crippen LogP contribution in [0.2, 0.25) is 0 Å². The third-order valence-corrected chi connectivity index (χ3v) is 5.05. The second-order valence-corrected chi connectivity index (χ2v) is 7.20. The van der Waals surface area contributed by atoms with Crippen molar-refractivity contribution in [1.82, 2.24) is 0 Å². The van der Waals surface area contributed by atoms with Crippen LogP contribution in [0.5, 0.6) is 5.75 Å². The topological polar surface area (TPSA) is 83.8 Å². The van der Waals surface area contributed by atoms with Gasteiger partial charge in [-0.15, -0.1) is 0 Å². The Morgan fingerprint density at radius 2 is 1.93 bits per heavy atom. The highest BCUT2D eigenvalue weighted by Gasteiger charge is 2.32. The summed E-state index contributed by atoms with van der Waals surface area (Å²) in [6.45, 7) is 0.190. The first-order valence-corrected chi connectivity index (χ1v) is 9.85. The molecule has 0 saturated heterocycles. The van der Waals surface area contributed by atoms with Crippen LogP contribution in [0.4, 0.5) is 0 Å². The molecule has 0 bridgehead atoms. The van der Waals surface area contributed by atoms with Crippen LogP contribution in [0.15, 0.2) is 42.5 Å². The smallest absolute Gasteiger partial charge is 0.303 e. The maximum absolute atomic E-state index is 12.2. The number of hydrogen-bond donors (Lipinski definition) is 2.